The van der Waals surface area contributed by atoms with Gasteiger partial charge in [0.2, 0.25) is 0 Å². The molecule has 0 amide bonds. The van der Waals surface area contributed by atoms with Gasteiger partial charge in [-0.1, -0.05) is 45.8 Å². The molecule has 0 aliphatic rings. The highest BCUT2D eigenvalue weighted by molar-refractivity contribution is 4.80. The van der Waals surface area contributed by atoms with Crippen LogP contribution in [-0.2, 0) is 0 Å². The maximum absolute atomic E-state index is 2.38. The molecule has 0 heteroatoms. The quantitative estimate of drug-likeness (QED) is 0.510. The Labute approximate surface area is 78.1 Å². The number of unbranched alkanes of at least 4 members (excludes halogenated alkanes) is 1. The lowest BCUT2D eigenvalue weighted by Crippen LogP contribution is -2.10. The van der Waals surface area contributed by atoms with Crippen LogP contribution >= 0.6 is 0 Å². The van der Waals surface area contributed by atoms with E-state index in [4.69, 9.17) is 0 Å². The fourth-order valence-electron chi connectivity index (χ4n) is 1.42. The van der Waals surface area contributed by atoms with Crippen molar-refractivity contribution in [2.75, 3.05) is 0 Å². The number of hydrogen-bond donors (Lipinski definition) is 0. The Kier molecular flexibility index (Phi) is 6.14. The molecule has 0 aromatic rings. The molecule has 12 heavy (non-hydrogen) atoms. The van der Waals surface area contributed by atoms with Crippen molar-refractivity contribution < 1.29 is 0 Å². The summed E-state index contributed by atoms with van der Waals surface area (Å²) in [4.78, 5) is 0. The van der Waals surface area contributed by atoms with Crippen LogP contribution in [0.4, 0.5) is 0 Å². The van der Waals surface area contributed by atoms with E-state index < -0.39 is 0 Å². The van der Waals surface area contributed by atoms with Gasteiger partial charge in [0.15, 0.2) is 0 Å². The van der Waals surface area contributed by atoms with Gasteiger partial charge in [-0.3, -0.25) is 0 Å². The third-order valence-electron chi connectivity index (χ3n) is 2.43. The molecule has 0 aliphatic heterocycles. The third kappa shape index (κ3) is 6.45. The molecule has 0 heterocycles. The summed E-state index contributed by atoms with van der Waals surface area (Å²) in [5.41, 5.74) is 0.551. The van der Waals surface area contributed by atoms with E-state index >= 15 is 0 Å². The zero-order valence-corrected chi connectivity index (χ0v) is 9.19. The molecule has 0 rings (SSSR count). The highest BCUT2D eigenvalue weighted by atomic mass is 14.2. The lowest BCUT2D eigenvalue weighted by Gasteiger charge is -2.23. The average molecular weight is 168 g/mol. The lowest BCUT2D eigenvalue weighted by atomic mass is 9.83. The molecule has 0 saturated carbocycles. The summed E-state index contributed by atoms with van der Waals surface area (Å²) in [6.07, 6.45) is 11.1. The van der Waals surface area contributed by atoms with Gasteiger partial charge in [0.1, 0.15) is 0 Å². The molecule has 0 radical (unpaired) electrons. The highest BCUT2D eigenvalue weighted by Crippen LogP contribution is 2.28. The number of rotatable bonds is 6. The first kappa shape index (κ1) is 11.7. The van der Waals surface area contributed by atoms with Gasteiger partial charge in [0.25, 0.3) is 0 Å². The fraction of sp³-hybridized carbons (Fsp3) is 0.833. The second-order valence-corrected chi connectivity index (χ2v) is 4.38. The van der Waals surface area contributed by atoms with Crippen molar-refractivity contribution in [3.8, 4) is 0 Å². The number of hydrogen-bond acceptors (Lipinski definition) is 0. The van der Waals surface area contributed by atoms with Gasteiger partial charge < -0.3 is 0 Å². The maximum atomic E-state index is 2.38. The summed E-state index contributed by atoms with van der Waals surface area (Å²) in [6.45, 7) is 9.12. The van der Waals surface area contributed by atoms with Gasteiger partial charge in [-0.25, -0.2) is 0 Å². The van der Waals surface area contributed by atoms with Crippen molar-refractivity contribution in [3.63, 3.8) is 0 Å². The SMILES string of the molecule is CC=CCCC(C)(C)CCCC. The smallest absolute Gasteiger partial charge is 0.0346 e. The van der Waals surface area contributed by atoms with Gasteiger partial charge >= 0.3 is 0 Å². The average Bonchev–Trinajstić information content (AvgIpc) is 2.01. The van der Waals surface area contributed by atoms with E-state index in [1.165, 1.54) is 32.1 Å². The zero-order valence-electron chi connectivity index (χ0n) is 9.19. The summed E-state index contributed by atoms with van der Waals surface area (Å²) in [5.74, 6) is 0. The second-order valence-electron chi connectivity index (χ2n) is 4.38. The van der Waals surface area contributed by atoms with Crippen molar-refractivity contribution in [1.29, 1.82) is 0 Å². The fourth-order valence-corrected chi connectivity index (χ4v) is 1.42. The molecule has 0 atom stereocenters. The predicted octanol–water partition coefficient (Wildman–Crippen LogP) is 4.56. The van der Waals surface area contributed by atoms with E-state index in [1.807, 2.05) is 0 Å². The van der Waals surface area contributed by atoms with Gasteiger partial charge in [0, 0.05) is 0 Å². The Hall–Kier alpha value is -0.260. The van der Waals surface area contributed by atoms with Gasteiger partial charge in [-0.2, -0.15) is 0 Å². The van der Waals surface area contributed by atoms with Crippen molar-refractivity contribution >= 4 is 0 Å². The molecule has 0 aromatic carbocycles. The summed E-state index contributed by atoms with van der Waals surface area (Å²) in [6, 6.07) is 0. The molecule has 0 saturated heterocycles. The van der Waals surface area contributed by atoms with Crippen LogP contribution in [0, 0.1) is 5.41 Å². The summed E-state index contributed by atoms with van der Waals surface area (Å²) >= 11 is 0. The Balaban J connectivity index is 3.55. The molecular formula is C12H24. The zero-order chi connectivity index (χ0) is 9.45. The Morgan fingerprint density at radius 1 is 1.17 bits per heavy atom. The molecule has 0 nitrogen and oxygen atoms in total. The van der Waals surface area contributed by atoms with Crippen LogP contribution in [0.15, 0.2) is 12.2 Å². The molecule has 0 unspecified atom stereocenters. The van der Waals surface area contributed by atoms with Crippen LogP contribution in [-0.4, -0.2) is 0 Å². The minimum absolute atomic E-state index is 0.551. The van der Waals surface area contributed by atoms with Crippen molar-refractivity contribution in [3.05, 3.63) is 12.2 Å². The first-order chi connectivity index (χ1) is 5.62. The molecule has 0 N–H and O–H groups in total. The molecule has 0 aliphatic carbocycles. The second kappa shape index (κ2) is 6.28. The van der Waals surface area contributed by atoms with Gasteiger partial charge in [-0.05, 0) is 31.6 Å². The van der Waals surface area contributed by atoms with Gasteiger partial charge in [0.05, 0.1) is 0 Å². The van der Waals surface area contributed by atoms with E-state index in [9.17, 15) is 0 Å². The van der Waals surface area contributed by atoms with E-state index in [0.717, 1.165) is 0 Å². The van der Waals surface area contributed by atoms with Crippen LogP contribution < -0.4 is 0 Å². The summed E-state index contributed by atoms with van der Waals surface area (Å²) in [5, 5.41) is 0. The Morgan fingerprint density at radius 3 is 2.33 bits per heavy atom. The molecule has 0 aromatic heterocycles. The topological polar surface area (TPSA) is 0 Å². The first-order valence-electron chi connectivity index (χ1n) is 5.23. The molecule has 0 spiro atoms. The van der Waals surface area contributed by atoms with Crippen molar-refractivity contribution in [2.45, 2.75) is 59.8 Å². The van der Waals surface area contributed by atoms with Crippen LogP contribution in [0.3, 0.4) is 0 Å². The van der Waals surface area contributed by atoms with E-state index in [2.05, 4.69) is 39.8 Å². The van der Waals surface area contributed by atoms with Crippen LogP contribution in [0.2, 0.25) is 0 Å². The van der Waals surface area contributed by atoms with Crippen molar-refractivity contribution in [1.82, 2.24) is 0 Å². The standard InChI is InChI=1S/C12H24/c1-5-7-9-11-12(3,4)10-8-6-2/h5,7H,6,8-11H2,1-4H3. The summed E-state index contributed by atoms with van der Waals surface area (Å²) < 4.78 is 0. The van der Waals surface area contributed by atoms with E-state index in [0.29, 0.717) is 5.41 Å². The monoisotopic (exact) mass is 168 g/mol. The largest absolute Gasteiger partial charge is 0.0917 e. The minimum Gasteiger partial charge on any atom is -0.0917 e. The predicted molar refractivity (Wildman–Crippen MR) is 57.4 cm³/mol. The normalized spacial score (nSPS) is 12.7. The van der Waals surface area contributed by atoms with Crippen LogP contribution in [0.5, 0.6) is 0 Å². The van der Waals surface area contributed by atoms with Gasteiger partial charge in [-0.15, -0.1) is 0 Å². The Bertz CT molecular complexity index is 120. The van der Waals surface area contributed by atoms with Crippen LogP contribution in [0.1, 0.15) is 59.8 Å². The van der Waals surface area contributed by atoms with Crippen LogP contribution in [0.25, 0.3) is 0 Å². The summed E-state index contributed by atoms with van der Waals surface area (Å²) in [7, 11) is 0. The molecular weight excluding hydrogens is 144 g/mol. The first-order valence-corrected chi connectivity index (χ1v) is 5.23. The van der Waals surface area contributed by atoms with Crippen molar-refractivity contribution in [2.24, 2.45) is 5.41 Å². The van der Waals surface area contributed by atoms with E-state index in [-0.39, 0.29) is 0 Å². The van der Waals surface area contributed by atoms with E-state index in [1.54, 1.807) is 0 Å². The third-order valence-corrected chi connectivity index (χ3v) is 2.43. The number of allylic oxidation sites excluding steroid dienone is 2. The Morgan fingerprint density at radius 2 is 1.83 bits per heavy atom. The maximum Gasteiger partial charge on any atom is -0.0346 e. The molecule has 0 bridgehead atoms. The molecule has 0 fully saturated rings. The molecule has 72 valence electrons. The highest BCUT2D eigenvalue weighted by Gasteiger charge is 2.15. The minimum atomic E-state index is 0.551. The lowest BCUT2D eigenvalue weighted by molar-refractivity contribution is 0.300.